The van der Waals surface area contributed by atoms with Gasteiger partial charge in [-0.1, -0.05) is 66.7 Å². The predicted octanol–water partition coefficient (Wildman–Crippen LogP) is 4.50. The Morgan fingerprint density at radius 3 is 2.27 bits per heavy atom. The Labute approximate surface area is 176 Å². The molecular weight excluding hydrogens is 376 g/mol. The number of nitrogens with zero attached hydrogens (tertiary/aromatic N) is 1. The molecule has 0 fully saturated rings. The van der Waals surface area contributed by atoms with Crippen LogP contribution in [0.15, 0.2) is 84.4 Å². The van der Waals surface area contributed by atoms with Crippen molar-refractivity contribution in [3.05, 3.63) is 101 Å². The number of ether oxygens (including phenoxy) is 2. The average Bonchev–Trinajstić information content (AvgIpc) is 2.81. The van der Waals surface area contributed by atoms with Gasteiger partial charge in [0.25, 0.3) is 5.91 Å². The molecule has 0 unspecified atom stereocenters. The maximum absolute atomic E-state index is 12.4. The van der Waals surface area contributed by atoms with Crippen LogP contribution in [-0.4, -0.2) is 13.0 Å². The highest BCUT2D eigenvalue weighted by atomic mass is 16.5. The summed E-state index contributed by atoms with van der Waals surface area (Å²) in [7, 11) is 1.55. The predicted molar refractivity (Wildman–Crippen MR) is 116 cm³/mol. The van der Waals surface area contributed by atoms with E-state index < -0.39 is 5.91 Å². The highest BCUT2D eigenvalue weighted by Gasteiger charge is 2.11. The third kappa shape index (κ3) is 5.73. The summed E-state index contributed by atoms with van der Waals surface area (Å²) in [6, 6.07) is 26.6. The molecule has 0 aliphatic rings. The number of hydrogen-bond acceptors (Lipinski definition) is 4. The molecule has 3 aromatic carbocycles. The second-order valence-corrected chi connectivity index (χ2v) is 6.52. The minimum atomic E-state index is -0.426. The normalized spacial score (nSPS) is 10.7. The zero-order valence-corrected chi connectivity index (χ0v) is 16.7. The lowest BCUT2D eigenvalue weighted by molar-refractivity contribution is -0.117. The number of carbonyl (C=O) groups excluding carboxylic acids is 1. The minimum Gasteiger partial charge on any atom is -0.493 e. The highest BCUT2D eigenvalue weighted by Crippen LogP contribution is 2.29. The average molecular weight is 398 g/mol. The van der Waals surface area contributed by atoms with E-state index in [0.717, 1.165) is 11.1 Å². The molecule has 0 aliphatic heterocycles. The molecule has 1 amide bonds. The van der Waals surface area contributed by atoms with Crippen LogP contribution in [0.25, 0.3) is 6.08 Å². The van der Waals surface area contributed by atoms with E-state index in [1.54, 1.807) is 25.3 Å². The second kappa shape index (κ2) is 10.5. The topological polar surface area (TPSA) is 71.3 Å². The molecule has 5 nitrogen and oxygen atoms in total. The molecule has 0 aliphatic carbocycles. The van der Waals surface area contributed by atoms with E-state index in [1.807, 2.05) is 66.7 Å². The molecule has 0 atom stereocenters. The molecule has 0 saturated heterocycles. The molecule has 30 heavy (non-hydrogen) atoms. The van der Waals surface area contributed by atoms with Crippen molar-refractivity contribution in [1.29, 1.82) is 5.26 Å². The van der Waals surface area contributed by atoms with E-state index in [4.69, 9.17) is 9.47 Å². The molecule has 0 aromatic heterocycles. The van der Waals surface area contributed by atoms with Crippen molar-refractivity contribution < 1.29 is 14.3 Å². The first-order valence-corrected chi connectivity index (χ1v) is 9.48. The molecule has 1 N–H and O–H groups in total. The molecule has 0 heterocycles. The van der Waals surface area contributed by atoms with E-state index in [-0.39, 0.29) is 5.57 Å². The van der Waals surface area contributed by atoms with Crippen LogP contribution in [0.4, 0.5) is 0 Å². The third-order valence-electron chi connectivity index (χ3n) is 4.40. The number of rotatable bonds is 8. The summed E-state index contributed by atoms with van der Waals surface area (Å²) in [6.07, 6.45) is 1.53. The summed E-state index contributed by atoms with van der Waals surface area (Å²) in [5, 5.41) is 12.2. The Bertz CT molecular complexity index is 1050. The van der Waals surface area contributed by atoms with Gasteiger partial charge in [0.2, 0.25) is 0 Å². The summed E-state index contributed by atoms with van der Waals surface area (Å²) < 4.78 is 11.3. The van der Waals surface area contributed by atoms with Crippen LogP contribution in [-0.2, 0) is 17.9 Å². The smallest absolute Gasteiger partial charge is 0.262 e. The summed E-state index contributed by atoms with van der Waals surface area (Å²) in [5.74, 6) is 0.692. The van der Waals surface area contributed by atoms with Gasteiger partial charge in [0, 0.05) is 6.54 Å². The van der Waals surface area contributed by atoms with E-state index in [2.05, 4.69) is 5.32 Å². The quantitative estimate of drug-likeness (QED) is 0.448. The molecule has 3 aromatic rings. The summed E-state index contributed by atoms with van der Waals surface area (Å²) in [6.45, 7) is 0.770. The standard InChI is InChI=1S/C25H22N2O3/c1-29-24-15-21(12-13-23(24)30-18-20-10-6-3-7-11-20)14-22(16-26)25(28)27-17-19-8-4-2-5-9-19/h2-15H,17-18H2,1H3,(H,27,28)/b22-14-. The van der Waals surface area contributed by atoms with E-state index in [0.29, 0.717) is 30.2 Å². The van der Waals surface area contributed by atoms with E-state index in [1.165, 1.54) is 6.08 Å². The number of nitrogens with one attached hydrogen (secondary N) is 1. The van der Waals surface area contributed by atoms with Crippen LogP contribution < -0.4 is 14.8 Å². The fraction of sp³-hybridized carbons (Fsp3) is 0.120. The molecule has 0 saturated carbocycles. The lowest BCUT2D eigenvalue weighted by Crippen LogP contribution is -2.23. The Morgan fingerprint density at radius 2 is 1.63 bits per heavy atom. The van der Waals surface area contributed by atoms with Crippen molar-refractivity contribution in [1.82, 2.24) is 5.32 Å². The monoisotopic (exact) mass is 398 g/mol. The van der Waals surface area contributed by atoms with Gasteiger partial charge in [-0.2, -0.15) is 5.26 Å². The fourth-order valence-electron chi connectivity index (χ4n) is 2.82. The van der Waals surface area contributed by atoms with E-state index in [9.17, 15) is 10.1 Å². The van der Waals surface area contributed by atoms with Gasteiger partial charge in [-0.05, 0) is 34.9 Å². The van der Waals surface area contributed by atoms with Crippen molar-refractivity contribution in [3.63, 3.8) is 0 Å². The largest absolute Gasteiger partial charge is 0.493 e. The van der Waals surface area contributed by atoms with Crippen LogP contribution >= 0.6 is 0 Å². The molecule has 3 rings (SSSR count). The van der Waals surface area contributed by atoms with Crippen LogP contribution in [0.3, 0.4) is 0 Å². The molecule has 0 bridgehead atoms. The molecule has 5 heteroatoms. The number of amides is 1. The van der Waals surface area contributed by atoms with Gasteiger partial charge in [0.05, 0.1) is 7.11 Å². The van der Waals surface area contributed by atoms with Crippen molar-refractivity contribution in [3.8, 4) is 17.6 Å². The van der Waals surface area contributed by atoms with Crippen molar-refractivity contribution >= 4 is 12.0 Å². The SMILES string of the molecule is COc1cc(/C=C(/C#N)C(=O)NCc2ccccc2)ccc1OCc1ccccc1. The van der Waals surface area contributed by atoms with Crippen LogP contribution in [0.2, 0.25) is 0 Å². The lowest BCUT2D eigenvalue weighted by Gasteiger charge is -2.11. The Hall–Kier alpha value is -4.04. The first-order chi connectivity index (χ1) is 14.7. The molecule has 0 spiro atoms. The summed E-state index contributed by atoms with van der Waals surface area (Å²) >= 11 is 0. The highest BCUT2D eigenvalue weighted by molar-refractivity contribution is 6.01. The molecule has 150 valence electrons. The number of methoxy groups -OCH3 is 1. The lowest BCUT2D eigenvalue weighted by atomic mass is 10.1. The maximum atomic E-state index is 12.4. The Kier molecular flexibility index (Phi) is 7.23. The Morgan fingerprint density at radius 1 is 0.967 bits per heavy atom. The van der Waals surface area contributed by atoms with Crippen molar-refractivity contribution in [2.45, 2.75) is 13.2 Å². The zero-order chi connectivity index (χ0) is 21.2. The number of carbonyl (C=O) groups is 1. The van der Waals surface area contributed by atoms with Crippen molar-refractivity contribution in [2.75, 3.05) is 7.11 Å². The maximum Gasteiger partial charge on any atom is 0.262 e. The first kappa shape index (κ1) is 20.7. The number of benzene rings is 3. The van der Waals surface area contributed by atoms with Gasteiger partial charge in [-0.3, -0.25) is 4.79 Å². The number of hydrogen-bond donors (Lipinski definition) is 1. The van der Waals surface area contributed by atoms with Crippen LogP contribution in [0, 0.1) is 11.3 Å². The summed E-state index contributed by atoms with van der Waals surface area (Å²) in [4.78, 5) is 12.4. The van der Waals surface area contributed by atoms with Gasteiger partial charge in [0.1, 0.15) is 18.2 Å². The Balaban J connectivity index is 1.69. The van der Waals surface area contributed by atoms with Crippen LogP contribution in [0.1, 0.15) is 16.7 Å². The first-order valence-electron chi connectivity index (χ1n) is 9.48. The van der Waals surface area contributed by atoms with Crippen molar-refractivity contribution in [2.24, 2.45) is 0 Å². The second-order valence-electron chi connectivity index (χ2n) is 6.52. The van der Waals surface area contributed by atoms with Gasteiger partial charge in [-0.15, -0.1) is 0 Å². The third-order valence-corrected chi connectivity index (χ3v) is 4.40. The van der Waals surface area contributed by atoms with Gasteiger partial charge in [-0.25, -0.2) is 0 Å². The summed E-state index contributed by atoms with van der Waals surface area (Å²) in [5.41, 5.74) is 2.70. The zero-order valence-electron chi connectivity index (χ0n) is 16.7. The minimum absolute atomic E-state index is 0.0194. The van der Waals surface area contributed by atoms with E-state index >= 15 is 0 Å². The fourth-order valence-corrected chi connectivity index (χ4v) is 2.82. The molecular formula is C25H22N2O3. The molecule has 0 radical (unpaired) electrons. The number of nitriles is 1. The van der Waals surface area contributed by atoms with Crippen LogP contribution in [0.5, 0.6) is 11.5 Å². The van der Waals surface area contributed by atoms with Gasteiger partial charge < -0.3 is 14.8 Å². The van der Waals surface area contributed by atoms with Gasteiger partial charge in [0.15, 0.2) is 11.5 Å². The van der Waals surface area contributed by atoms with Gasteiger partial charge >= 0.3 is 0 Å².